The van der Waals surface area contributed by atoms with Crippen molar-refractivity contribution in [2.24, 2.45) is 0 Å². The molecular formula is C26H42O5. The molecule has 0 heterocycles. The van der Waals surface area contributed by atoms with Crippen LogP contribution in [0.25, 0.3) is 6.08 Å². The highest BCUT2D eigenvalue weighted by Gasteiger charge is 2.11. The minimum Gasteiger partial charge on any atom is -0.490 e. The molecule has 1 rings (SSSR count). The number of carbonyl (C=O) groups excluding carboxylic acids is 1. The number of hydrogen-bond acceptors (Lipinski definition) is 4. The maximum absolute atomic E-state index is 11.9. The minimum atomic E-state index is -0.670. The molecule has 0 amide bonds. The number of methoxy groups -OCH3 is 1. The van der Waals surface area contributed by atoms with Crippen LogP contribution in [-0.4, -0.2) is 30.8 Å². The van der Waals surface area contributed by atoms with E-state index in [-0.39, 0.29) is 5.76 Å². The number of unbranched alkanes of at least 4 members (excludes halogenated alkanes) is 9. The molecule has 0 aromatic heterocycles. The van der Waals surface area contributed by atoms with Crippen molar-refractivity contribution < 1.29 is 24.2 Å². The molecule has 0 saturated heterocycles. The summed E-state index contributed by atoms with van der Waals surface area (Å²) in [5.41, 5.74) is 0.922. The molecule has 0 bridgehead atoms. The summed E-state index contributed by atoms with van der Waals surface area (Å²) >= 11 is 0. The highest BCUT2D eigenvalue weighted by molar-refractivity contribution is 5.91. The molecule has 0 aliphatic rings. The first-order valence-electron chi connectivity index (χ1n) is 11.7. The van der Waals surface area contributed by atoms with Crippen molar-refractivity contribution in [3.05, 3.63) is 41.7 Å². The van der Waals surface area contributed by atoms with E-state index in [2.05, 4.69) is 13.8 Å². The van der Waals surface area contributed by atoms with E-state index in [1.54, 1.807) is 6.08 Å². The third-order valence-electron chi connectivity index (χ3n) is 4.74. The second-order valence-electron chi connectivity index (χ2n) is 7.59. The fraction of sp³-hybridized carbons (Fsp3) is 0.615. The van der Waals surface area contributed by atoms with Gasteiger partial charge >= 0.3 is 11.9 Å². The first-order chi connectivity index (χ1) is 15.0. The first-order valence-corrected chi connectivity index (χ1v) is 11.7. The van der Waals surface area contributed by atoms with Gasteiger partial charge in [-0.15, -0.1) is 0 Å². The van der Waals surface area contributed by atoms with Gasteiger partial charge in [-0.1, -0.05) is 102 Å². The predicted molar refractivity (Wildman–Crippen MR) is 127 cm³/mol. The highest BCUT2D eigenvalue weighted by atomic mass is 16.6. The Labute approximate surface area is 188 Å². The van der Waals surface area contributed by atoms with Crippen LogP contribution in [0, 0.1) is 0 Å². The largest absolute Gasteiger partial charge is 0.490 e. The van der Waals surface area contributed by atoms with Gasteiger partial charge in [-0.2, -0.15) is 0 Å². The van der Waals surface area contributed by atoms with Gasteiger partial charge in [-0.3, -0.25) is 4.79 Å². The van der Waals surface area contributed by atoms with Crippen molar-refractivity contribution in [1.29, 1.82) is 0 Å². The zero-order chi connectivity index (χ0) is 23.2. The molecule has 5 nitrogen and oxygen atoms in total. The molecule has 176 valence electrons. The highest BCUT2D eigenvalue weighted by Crippen LogP contribution is 2.10. The van der Waals surface area contributed by atoms with Gasteiger partial charge in [0.05, 0.1) is 13.7 Å². The Balaban J connectivity index is 0.000000759. The smallest absolute Gasteiger partial charge is 0.373 e. The van der Waals surface area contributed by atoms with Crippen LogP contribution < -0.4 is 0 Å². The molecule has 0 aliphatic carbocycles. The Morgan fingerprint density at radius 1 is 0.839 bits per heavy atom. The van der Waals surface area contributed by atoms with Gasteiger partial charge in [-0.25, -0.2) is 4.79 Å². The number of esters is 1. The molecule has 1 aromatic rings. The molecule has 0 saturated carbocycles. The van der Waals surface area contributed by atoms with Gasteiger partial charge in [-0.05, 0) is 24.5 Å². The molecule has 0 spiro atoms. The third-order valence-corrected chi connectivity index (χ3v) is 4.74. The number of ether oxygens (including phenoxy) is 2. The quantitative estimate of drug-likeness (QED) is 0.131. The van der Waals surface area contributed by atoms with Crippen molar-refractivity contribution in [2.75, 3.05) is 13.7 Å². The predicted octanol–water partition coefficient (Wildman–Crippen LogP) is 7.01. The topological polar surface area (TPSA) is 72.8 Å². The van der Waals surface area contributed by atoms with Gasteiger partial charge in [0, 0.05) is 6.42 Å². The van der Waals surface area contributed by atoms with Crippen molar-refractivity contribution in [3.8, 4) is 0 Å². The first kappa shape index (κ1) is 28.7. The molecular weight excluding hydrogens is 392 g/mol. The van der Waals surface area contributed by atoms with Crippen LogP contribution in [0.5, 0.6) is 0 Å². The summed E-state index contributed by atoms with van der Waals surface area (Å²) in [6, 6.07) is 9.60. The lowest BCUT2D eigenvalue weighted by Gasteiger charge is -2.07. The molecule has 0 fully saturated rings. The van der Waals surface area contributed by atoms with Crippen molar-refractivity contribution >= 4 is 18.0 Å². The van der Waals surface area contributed by atoms with E-state index >= 15 is 0 Å². The summed E-state index contributed by atoms with van der Waals surface area (Å²) in [5.74, 6) is -0.821. The minimum absolute atomic E-state index is 0.243. The van der Waals surface area contributed by atoms with E-state index in [4.69, 9.17) is 14.6 Å². The number of carbonyl (C=O) groups is 2. The van der Waals surface area contributed by atoms with Crippen LogP contribution in [0.2, 0.25) is 0 Å². The molecule has 0 aliphatic heterocycles. The van der Waals surface area contributed by atoms with E-state index < -0.39 is 11.9 Å². The number of carboxylic acid groups (broad SMARTS) is 1. The van der Waals surface area contributed by atoms with Gasteiger partial charge in [0.25, 0.3) is 0 Å². The maximum atomic E-state index is 11.9. The second-order valence-corrected chi connectivity index (χ2v) is 7.59. The Bertz CT molecular complexity index is 595. The van der Waals surface area contributed by atoms with Gasteiger partial charge in [0.15, 0.2) is 0 Å². The molecule has 5 heteroatoms. The van der Waals surface area contributed by atoms with E-state index in [9.17, 15) is 9.59 Å². The summed E-state index contributed by atoms with van der Waals surface area (Å²) in [4.78, 5) is 21.9. The summed E-state index contributed by atoms with van der Waals surface area (Å²) in [5, 5.41) is 8.27. The van der Waals surface area contributed by atoms with Crippen LogP contribution in [0.1, 0.15) is 96.5 Å². The van der Waals surface area contributed by atoms with E-state index in [0.717, 1.165) is 31.2 Å². The van der Waals surface area contributed by atoms with Gasteiger partial charge in [0.2, 0.25) is 5.76 Å². The van der Waals surface area contributed by atoms with Crippen LogP contribution in [0.3, 0.4) is 0 Å². The average molecular weight is 435 g/mol. The lowest BCUT2D eigenvalue weighted by Crippen LogP contribution is -2.10. The van der Waals surface area contributed by atoms with Gasteiger partial charge in [0.1, 0.15) is 0 Å². The maximum Gasteiger partial charge on any atom is 0.373 e. The van der Waals surface area contributed by atoms with E-state index in [1.807, 2.05) is 30.3 Å². The number of rotatable bonds is 16. The average Bonchev–Trinajstić information content (AvgIpc) is 2.77. The number of benzene rings is 1. The fourth-order valence-electron chi connectivity index (χ4n) is 2.90. The van der Waals surface area contributed by atoms with Crippen molar-refractivity contribution in [3.63, 3.8) is 0 Å². The zero-order valence-electron chi connectivity index (χ0n) is 19.7. The van der Waals surface area contributed by atoms with Gasteiger partial charge < -0.3 is 14.6 Å². The van der Waals surface area contributed by atoms with Crippen molar-refractivity contribution in [1.82, 2.24) is 0 Å². The summed E-state index contributed by atoms with van der Waals surface area (Å²) < 4.78 is 10.4. The van der Waals surface area contributed by atoms with Crippen LogP contribution >= 0.6 is 0 Å². The molecule has 0 radical (unpaired) electrons. The summed E-state index contributed by atoms with van der Waals surface area (Å²) in [6.07, 6.45) is 14.6. The Morgan fingerprint density at radius 3 is 1.94 bits per heavy atom. The summed E-state index contributed by atoms with van der Waals surface area (Å²) in [6.45, 7) is 4.81. The lowest BCUT2D eigenvalue weighted by molar-refractivity contribution is -0.142. The molecule has 1 aromatic carbocycles. The molecule has 31 heavy (non-hydrogen) atoms. The molecule has 0 unspecified atom stereocenters. The fourth-order valence-corrected chi connectivity index (χ4v) is 2.90. The number of carboxylic acids is 1. The number of hydrogen-bond donors (Lipinski definition) is 1. The summed E-state index contributed by atoms with van der Waals surface area (Å²) in [7, 11) is 1.49. The SMILES string of the molecule is CCCCCCCC(=O)O.CCCCCCCCOC(=O)C(=Cc1ccccc1)OC. The normalized spacial score (nSPS) is 10.7. The van der Waals surface area contributed by atoms with E-state index in [1.165, 1.54) is 52.1 Å². The van der Waals surface area contributed by atoms with Crippen LogP contribution in [0.4, 0.5) is 0 Å². The number of aliphatic carboxylic acids is 1. The second kappa shape index (κ2) is 21.0. The standard InChI is InChI=1S/C18H26O3.C8H16O2/c1-3-4-5-6-7-11-14-21-18(19)17(20-2)15-16-12-9-8-10-13-16;1-2-3-4-5-6-7-8(9)10/h8-10,12-13,15H,3-7,11,14H2,1-2H3;2-7H2,1H3,(H,9,10). The lowest BCUT2D eigenvalue weighted by atomic mass is 10.1. The monoisotopic (exact) mass is 434 g/mol. The Hall–Kier alpha value is -2.30. The van der Waals surface area contributed by atoms with Crippen LogP contribution in [0.15, 0.2) is 36.1 Å². The zero-order valence-corrected chi connectivity index (χ0v) is 19.7. The van der Waals surface area contributed by atoms with Crippen molar-refractivity contribution in [2.45, 2.75) is 90.9 Å². The van der Waals surface area contributed by atoms with E-state index in [0.29, 0.717) is 13.0 Å². The molecule has 0 atom stereocenters. The Morgan fingerprint density at radius 2 is 1.39 bits per heavy atom. The van der Waals surface area contributed by atoms with Crippen LogP contribution in [-0.2, 0) is 19.1 Å². The Kier molecular flexibility index (Phi) is 19.4. The third kappa shape index (κ3) is 18.2. The molecule has 1 N–H and O–H groups in total.